The van der Waals surface area contributed by atoms with Gasteiger partial charge in [-0.1, -0.05) is 359 Å². The lowest BCUT2D eigenvalue weighted by Crippen LogP contribution is -2.00. The third kappa shape index (κ3) is 18.4. The molecule has 0 aliphatic rings. The Balaban J connectivity index is 0.000000100. The SMILES string of the molecule is CC(C)c1ccc2c(c1)sc1ccccc12.CC(C)c1ccc2sc3ccccc3c2c1.CC(C)c1cccc2c1sc1ccccc12.CC(C)c1cccc2sc3ccccc3c12.CC(C)n1c2ccc(-c3ccccc3)cc2c2cc(-c3ccccc3)ccc21.CC(C)n1c2ccc(-n3c4ccccc4c4ccccc43)cc2c2cc(-n3c4ccccc4c4ccccc43)ccc21.CC(C)n1c2ccccc2c2ccccc21. The van der Waals surface area contributed by atoms with Crippen LogP contribution in [0.4, 0.5) is 0 Å². The summed E-state index contributed by atoms with van der Waals surface area (Å²) in [6, 6.07) is 164. The van der Waals surface area contributed by atoms with E-state index in [9.17, 15) is 0 Å². The zero-order valence-corrected chi connectivity index (χ0v) is 90.9. The quantitative estimate of drug-likeness (QED) is 0.123. The van der Waals surface area contributed by atoms with Gasteiger partial charge in [-0.05, 0) is 255 Å². The summed E-state index contributed by atoms with van der Waals surface area (Å²) in [4.78, 5) is 0. The smallest absolute Gasteiger partial charge is 0.0541 e. The molecule has 0 aliphatic heterocycles. The third-order valence-electron chi connectivity index (χ3n) is 29.9. The minimum Gasteiger partial charge on any atom is -0.338 e. The average molecular weight is 2020 g/mol. The maximum absolute atomic E-state index is 2.48. The lowest BCUT2D eigenvalue weighted by atomic mass is 9.97. The number of hydrogen-bond donors (Lipinski definition) is 0. The van der Waals surface area contributed by atoms with Crippen molar-refractivity contribution in [2.75, 3.05) is 0 Å². The lowest BCUT2D eigenvalue weighted by molar-refractivity contribution is 0.642. The molecular formula is C141H123N5S4. The highest BCUT2D eigenvalue weighted by Crippen LogP contribution is 2.47. The van der Waals surface area contributed by atoms with Crippen LogP contribution >= 0.6 is 45.3 Å². The molecule has 0 saturated heterocycles. The van der Waals surface area contributed by atoms with Crippen molar-refractivity contribution in [2.45, 2.75) is 139 Å². The van der Waals surface area contributed by atoms with Crippen LogP contribution in [0.5, 0.6) is 0 Å². The molecule has 0 spiro atoms. The highest BCUT2D eigenvalue weighted by Gasteiger charge is 2.24. The largest absolute Gasteiger partial charge is 0.338 e. The predicted molar refractivity (Wildman–Crippen MR) is 663 cm³/mol. The van der Waals surface area contributed by atoms with Gasteiger partial charge in [-0.2, -0.15) is 0 Å². The maximum Gasteiger partial charge on any atom is 0.0541 e. The van der Waals surface area contributed by atoms with Gasteiger partial charge >= 0.3 is 0 Å². The first-order valence-corrected chi connectivity index (χ1v) is 56.4. The van der Waals surface area contributed by atoms with Gasteiger partial charge in [0.2, 0.25) is 0 Å². The minimum absolute atomic E-state index is 0.336. The molecule has 5 nitrogen and oxygen atoms in total. The Labute approximate surface area is 894 Å². The fourth-order valence-electron chi connectivity index (χ4n) is 22.7. The molecule has 29 rings (SSSR count). The first kappa shape index (κ1) is 97.7. The summed E-state index contributed by atoms with van der Waals surface area (Å²) >= 11 is 7.59. The van der Waals surface area contributed by atoms with E-state index in [1.54, 1.807) is 0 Å². The summed E-state index contributed by atoms with van der Waals surface area (Å²) in [7, 11) is 0. The number of hydrogen-bond acceptors (Lipinski definition) is 4. The molecule has 0 fully saturated rings. The number of nitrogens with zero attached hydrogens (tertiary/aromatic N) is 5. The molecule has 0 radical (unpaired) electrons. The van der Waals surface area contributed by atoms with Crippen LogP contribution in [0.2, 0.25) is 0 Å². The van der Waals surface area contributed by atoms with Crippen molar-refractivity contribution in [3.8, 4) is 33.6 Å². The van der Waals surface area contributed by atoms with Crippen molar-refractivity contribution < 1.29 is 0 Å². The topological polar surface area (TPSA) is 24.6 Å². The second-order valence-electron chi connectivity index (χ2n) is 41.7. The van der Waals surface area contributed by atoms with Crippen LogP contribution in [0.15, 0.2) is 449 Å². The van der Waals surface area contributed by atoms with Crippen molar-refractivity contribution in [1.29, 1.82) is 0 Å². The number of benzene rings is 20. The first-order chi connectivity index (χ1) is 73.2. The van der Waals surface area contributed by atoms with Gasteiger partial charge in [0, 0.05) is 197 Å². The van der Waals surface area contributed by atoms with Gasteiger partial charge in [0.15, 0.2) is 0 Å². The Hall–Kier alpha value is -15.7. The molecule has 9 heteroatoms. The van der Waals surface area contributed by atoms with Crippen LogP contribution in [0.25, 0.3) is 223 Å². The highest BCUT2D eigenvalue weighted by atomic mass is 32.1. The van der Waals surface area contributed by atoms with E-state index in [0.29, 0.717) is 41.8 Å². The predicted octanol–water partition coefficient (Wildman–Crippen LogP) is 43.4. The molecule has 0 bridgehead atoms. The van der Waals surface area contributed by atoms with Gasteiger partial charge in [-0.25, -0.2) is 0 Å². The Morgan fingerprint density at radius 2 is 0.453 bits per heavy atom. The lowest BCUT2D eigenvalue weighted by Gasteiger charge is -2.13. The van der Waals surface area contributed by atoms with Crippen molar-refractivity contribution in [3.05, 3.63) is 471 Å². The van der Waals surface area contributed by atoms with Crippen LogP contribution < -0.4 is 0 Å². The third-order valence-corrected chi connectivity index (χ3v) is 34.5. The van der Waals surface area contributed by atoms with Gasteiger partial charge < -0.3 is 22.8 Å². The second-order valence-corrected chi connectivity index (χ2v) is 46.0. The number of aromatic nitrogens is 5. The van der Waals surface area contributed by atoms with E-state index < -0.39 is 0 Å². The Morgan fingerprint density at radius 1 is 0.160 bits per heavy atom. The van der Waals surface area contributed by atoms with Crippen LogP contribution in [0, 0.1) is 0 Å². The zero-order valence-electron chi connectivity index (χ0n) is 87.6. The monoisotopic (exact) mass is 2010 g/mol. The summed E-state index contributed by atoms with van der Waals surface area (Å²) in [5.74, 6) is 2.39. The second kappa shape index (κ2) is 41.8. The summed E-state index contributed by atoms with van der Waals surface area (Å²) in [6.45, 7) is 31.6. The fraction of sp³-hybridized carbons (Fsp3) is 0.149. The molecule has 0 N–H and O–H groups in total. The van der Waals surface area contributed by atoms with E-state index in [0.717, 1.165) is 0 Å². The van der Waals surface area contributed by atoms with E-state index in [4.69, 9.17) is 0 Å². The summed E-state index contributed by atoms with van der Waals surface area (Å²) in [5.41, 5.74) is 25.9. The first-order valence-electron chi connectivity index (χ1n) is 53.1. The molecule has 0 amide bonds. The molecule has 9 heterocycles. The maximum atomic E-state index is 2.48. The number of rotatable bonds is 11. The normalized spacial score (nSPS) is 11.8. The van der Waals surface area contributed by atoms with Gasteiger partial charge in [-0.15, -0.1) is 45.3 Å². The van der Waals surface area contributed by atoms with Crippen molar-refractivity contribution >= 4 is 235 Å². The van der Waals surface area contributed by atoms with Gasteiger partial charge in [0.25, 0.3) is 0 Å². The summed E-state index contributed by atoms with van der Waals surface area (Å²) in [6.07, 6.45) is 0. The van der Waals surface area contributed by atoms with E-state index in [1.807, 2.05) is 45.3 Å². The number of thiophene rings is 4. The molecule has 0 atom stereocenters. The molecule has 150 heavy (non-hydrogen) atoms. The number of para-hydroxylation sites is 6. The van der Waals surface area contributed by atoms with E-state index in [-0.39, 0.29) is 0 Å². The molecule has 9 aromatic heterocycles. The molecule has 0 unspecified atom stereocenters. The Morgan fingerprint density at radius 3 is 0.887 bits per heavy atom. The molecular weight excluding hydrogens is 1890 g/mol. The molecule has 736 valence electrons. The van der Waals surface area contributed by atoms with Crippen molar-refractivity contribution in [2.24, 2.45) is 0 Å². The average Bonchev–Trinajstić information content (AvgIpc) is 1.57. The van der Waals surface area contributed by atoms with E-state index in [1.165, 1.54) is 246 Å². The Bertz CT molecular complexity index is 9580. The minimum atomic E-state index is 0.336. The van der Waals surface area contributed by atoms with Crippen LogP contribution in [-0.2, 0) is 0 Å². The molecule has 29 aromatic rings. The summed E-state index contributed by atoms with van der Waals surface area (Å²) in [5, 5.41) is 24.3. The van der Waals surface area contributed by atoms with Crippen molar-refractivity contribution in [3.63, 3.8) is 0 Å². The molecule has 0 saturated carbocycles. The fourth-order valence-corrected chi connectivity index (χ4v) is 27.5. The Kier molecular flexibility index (Phi) is 27.2. The standard InChI is InChI=1S/C39H29N3.C27H23N.C15H15N.4C15H14S/c1-25(2)40-38-21-19-26(41-34-15-7-3-11-28(34)29-12-4-8-16-35(29)41)23-32(38)33-24-27(20-22-39(33)40)42-36-17-9-5-13-30(36)31-14-6-10-18-37(31)42;1-19(2)28-26-15-13-22(20-9-5-3-6-10-20)17-24(26)25-18-23(14-16-27(25)28)21-11-7-4-8-12-21;1-11(2)16-14-9-5-3-7-12(14)13-8-4-6-10-15(13)16;1-10(2)11-7-5-8-13-12-6-3-4-9-14(12)16-15(11)13;1-10(2)11-7-5-9-14-15(11)12-6-3-4-8-13(12)16-14;1-10(2)11-7-8-15-13(9-11)12-5-3-4-6-14(12)16-15;1-10(2)11-7-8-13-12-5-3-4-6-14(12)16-15(13)9-11/h3-25H,1-2H3;3-19H,1-2H3;3-11H,1-2H3;4*3-10H,1-2H3. The van der Waals surface area contributed by atoms with Crippen LogP contribution in [0.1, 0.15) is 161 Å². The molecule has 0 aliphatic carbocycles. The summed E-state index contributed by atoms with van der Waals surface area (Å²) < 4.78 is 23.4. The molecule has 20 aromatic carbocycles. The van der Waals surface area contributed by atoms with E-state index in [2.05, 4.69) is 569 Å². The zero-order chi connectivity index (χ0) is 103. The van der Waals surface area contributed by atoms with Gasteiger partial charge in [0.05, 0.1) is 22.1 Å². The van der Waals surface area contributed by atoms with Crippen LogP contribution in [-0.4, -0.2) is 22.8 Å². The highest BCUT2D eigenvalue weighted by molar-refractivity contribution is 7.27. The van der Waals surface area contributed by atoms with E-state index >= 15 is 0 Å². The number of fused-ring (bicyclic) bond motifs is 27. The van der Waals surface area contributed by atoms with Gasteiger partial charge in [-0.3, -0.25) is 0 Å². The van der Waals surface area contributed by atoms with Crippen LogP contribution in [0.3, 0.4) is 0 Å². The van der Waals surface area contributed by atoms with Gasteiger partial charge in [0.1, 0.15) is 0 Å². The van der Waals surface area contributed by atoms with Crippen molar-refractivity contribution in [1.82, 2.24) is 22.8 Å².